The summed E-state index contributed by atoms with van der Waals surface area (Å²) in [5, 5.41) is 20.2. The topological polar surface area (TPSA) is 93.1 Å². The van der Waals surface area contributed by atoms with Gasteiger partial charge in [0.2, 0.25) is 0 Å². The van der Waals surface area contributed by atoms with Crippen LogP contribution in [0, 0.1) is 23.7 Å². The molecule has 0 aromatic carbocycles. The molecule has 0 spiro atoms. The van der Waals surface area contributed by atoms with Crippen LogP contribution < -0.4 is 0 Å². The van der Waals surface area contributed by atoms with Crippen LogP contribution >= 0.6 is 0 Å². The maximum absolute atomic E-state index is 12.5. The molecule has 162 valence electrons. The van der Waals surface area contributed by atoms with Crippen LogP contribution in [-0.4, -0.2) is 46.6 Å². The summed E-state index contributed by atoms with van der Waals surface area (Å²) in [6.45, 7) is 5.97. The Balaban J connectivity index is 1.74. The lowest BCUT2D eigenvalue weighted by atomic mass is 9.66. The van der Waals surface area contributed by atoms with Gasteiger partial charge in [0.1, 0.15) is 12.2 Å². The molecule has 0 aromatic heterocycles. The molecule has 1 heterocycles. The van der Waals surface area contributed by atoms with Crippen LogP contribution in [0.3, 0.4) is 0 Å². The van der Waals surface area contributed by atoms with Gasteiger partial charge in [0.25, 0.3) is 0 Å². The summed E-state index contributed by atoms with van der Waals surface area (Å²) in [5.74, 6) is -0.203. The van der Waals surface area contributed by atoms with E-state index in [9.17, 15) is 19.8 Å². The van der Waals surface area contributed by atoms with E-state index in [-0.39, 0.29) is 54.2 Å². The minimum absolute atomic E-state index is 0.0237. The van der Waals surface area contributed by atoms with Gasteiger partial charge in [-0.3, -0.25) is 9.59 Å². The van der Waals surface area contributed by atoms with Crippen LogP contribution in [0.25, 0.3) is 0 Å². The molecule has 1 saturated heterocycles. The van der Waals surface area contributed by atoms with Gasteiger partial charge < -0.3 is 19.7 Å². The molecule has 0 radical (unpaired) electrons. The molecule has 3 aliphatic rings. The first-order chi connectivity index (χ1) is 13.8. The van der Waals surface area contributed by atoms with E-state index in [1.54, 1.807) is 0 Å². The Morgan fingerprint density at radius 1 is 1.31 bits per heavy atom. The standard InChI is InChI=1S/C23H34O6/c1-4-13(2)23(27)29-20-11-16(24)9-15-6-5-14(3)19(22(15)20)8-7-18-10-17(25)12-21(26)28-18/h5-6,9,13-14,16-20,22,24-25H,4,7-8,10-12H2,1-3H3/t13-,14-,16+,17+,18?,19-,20-,22?/m0/s1. The minimum Gasteiger partial charge on any atom is -0.462 e. The molecule has 1 aliphatic heterocycles. The van der Waals surface area contributed by atoms with Crippen LogP contribution in [0.4, 0.5) is 0 Å². The summed E-state index contributed by atoms with van der Waals surface area (Å²) in [6.07, 6.45) is 7.31. The average molecular weight is 407 g/mol. The van der Waals surface area contributed by atoms with Gasteiger partial charge in [0.15, 0.2) is 0 Å². The van der Waals surface area contributed by atoms with Crippen molar-refractivity contribution in [1.82, 2.24) is 0 Å². The van der Waals surface area contributed by atoms with Gasteiger partial charge in [-0.1, -0.05) is 39.0 Å². The zero-order valence-corrected chi connectivity index (χ0v) is 17.6. The second-order valence-corrected chi connectivity index (χ2v) is 8.95. The fourth-order valence-corrected chi connectivity index (χ4v) is 4.84. The number of hydrogen-bond donors (Lipinski definition) is 2. The zero-order valence-electron chi connectivity index (χ0n) is 17.6. The second kappa shape index (κ2) is 9.43. The first-order valence-corrected chi connectivity index (χ1v) is 10.9. The quantitative estimate of drug-likeness (QED) is 0.659. The number of aliphatic hydroxyl groups excluding tert-OH is 2. The van der Waals surface area contributed by atoms with Crippen molar-refractivity contribution in [3.63, 3.8) is 0 Å². The number of carbonyl (C=O) groups is 2. The molecule has 3 rings (SSSR count). The third kappa shape index (κ3) is 5.28. The highest BCUT2D eigenvalue weighted by molar-refractivity contribution is 5.72. The van der Waals surface area contributed by atoms with Crippen molar-refractivity contribution < 1.29 is 29.3 Å². The first kappa shape index (κ1) is 22.0. The molecule has 0 saturated carbocycles. The van der Waals surface area contributed by atoms with E-state index < -0.39 is 12.2 Å². The summed E-state index contributed by atoms with van der Waals surface area (Å²) in [6, 6.07) is 0. The van der Waals surface area contributed by atoms with E-state index in [1.807, 2.05) is 26.0 Å². The minimum atomic E-state index is -0.630. The summed E-state index contributed by atoms with van der Waals surface area (Å²) >= 11 is 0. The van der Waals surface area contributed by atoms with Crippen molar-refractivity contribution in [2.45, 2.75) is 83.7 Å². The van der Waals surface area contributed by atoms with Crippen LogP contribution in [0.15, 0.2) is 23.8 Å². The summed E-state index contributed by atoms with van der Waals surface area (Å²) in [7, 11) is 0. The average Bonchev–Trinajstić information content (AvgIpc) is 2.65. The number of esters is 2. The molecule has 0 aromatic rings. The highest BCUT2D eigenvalue weighted by Gasteiger charge is 2.42. The van der Waals surface area contributed by atoms with E-state index in [2.05, 4.69) is 13.0 Å². The molecule has 6 nitrogen and oxygen atoms in total. The number of cyclic esters (lactones) is 1. The zero-order chi connectivity index (χ0) is 21.1. The molecule has 1 fully saturated rings. The molecular weight excluding hydrogens is 372 g/mol. The Hall–Kier alpha value is -1.66. The molecule has 29 heavy (non-hydrogen) atoms. The molecule has 6 heteroatoms. The van der Waals surface area contributed by atoms with Crippen molar-refractivity contribution in [1.29, 1.82) is 0 Å². The van der Waals surface area contributed by atoms with E-state index in [0.29, 0.717) is 19.3 Å². The summed E-state index contributed by atoms with van der Waals surface area (Å²) < 4.78 is 11.3. The fourth-order valence-electron chi connectivity index (χ4n) is 4.84. The van der Waals surface area contributed by atoms with Crippen LogP contribution in [0.2, 0.25) is 0 Å². The Bertz CT molecular complexity index is 668. The number of fused-ring (bicyclic) bond motifs is 1. The molecule has 2 unspecified atom stereocenters. The predicted molar refractivity (Wildman–Crippen MR) is 108 cm³/mol. The smallest absolute Gasteiger partial charge is 0.308 e. The van der Waals surface area contributed by atoms with E-state index in [4.69, 9.17) is 9.47 Å². The molecule has 8 atom stereocenters. The lowest BCUT2D eigenvalue weighted by Gasteiger charge is -2.43. The van der Waals surface area contributed by atoms with Crippen LogP contribution in [-0.2, 0) is 19.1 Å². The third-order valence-electron chi connectivity index (χ3n) is 6.71. The maximum Gasteiger partial charge on any atom is 0.308 e. The molecule has 2 N–H and O–H groups in total. The van der Waals surface area contributed by atoms with Gasteiger partial charge in [0.05, 0.1) is 24.5 Å². The van der Waals surface area contributed by atoms with Crippen molar-refractivity contribution in [3.8, 4) is 0 Å². The lowest BCUT2D eigenvalue weighted by Crippen LogP contribution is -2.43. The first-order valence-electron chi connectivity index (χ1n) is 10.9. The van der Waals surface area contributed by atoms with Gasteiger partial charge in [0, 0.05) is 18.8 Å². The summed E-state index contributed by atoms with van der Waals surface area (Å²) in [4.78, 5) is 24.1. The van der Waals surface area contributed by atoms with Crippen LogP contribution in [0.1, 0.15) is 59.3 Å². The van der Waals surface area contributed by atoms with Gasteiger partial charge >= 0.3 is 11.9 Å². The van der Waals surface area contributed by atoms with Crippen molar-refractivity contribution in [2.75, 3.05) is 0 Å². The van der Waals surface area contributed by atoms with Gasteiger partial charge in [-0.25, -0.2) is 0 Å². The van der Waals surface area contributed by atoms with Crippen molar-refractivity contribution in [2.24, 2.45) is 23.7 Å². The normalized spacial score (nSPS) is 37.9. The van der Waals surface area contributed by atoms with Crippen molar-refractivity contribution >= 4 is 11.9 Å². The Morgan fingerprint density at radius 2 is 2.07 bits per heavy atom. The number of hydrogen-bond acceptors (Lipinski definition) is 6. The van der Waals surface area contributed by atoms with Gasteiger partial charge in [-0.15, -0.1) is 0 Å². The highest BCUT2D eigenvalue weighted by Crippen LogP contribution is 2.44. The SMILES string of the molecule is CC[C@H](C)C(=O)O[C@H]1C[C@H](O)C=C2C=C[C@H](C)[C@H](CCC3C[C@@H](O)CC(=O)O3)C21. The van der Waals surface area contributed by atoms with Gasteiger partial charge in [-0.05, 0) is 36.7 Å². The van der Waals surface area contributed by atoms with Crippen LogP contribution in [0.5, 0.6) is 0 Å². The monoisotopic (exact) mass is 406 g/mol. The Kier molecular flexibility index (Phi) is 7.17. The number of carbonyl (C=O) groups excluding carboxylic acids is 2. The molecular formula is C23H34O6. The lowest BCUT2D eigenvalue weighted by molar-refractivity contribution is -0.162. The third-order valence-corrected chi connectivity index (χ3v) is 6.71. The molecule has 0 amide bonds. The number of allylic oxidation sites excluding steroid dienone is 2. The maximum atomic E-state index is 12.5. The van der Waals surface area contributed by atoms with E-state index in [0.717, 1.165) is 18.4 Å². The fraction of sp³-hybridized carbons (Fsp3) is 0.739. The summed E-state index contributed by atoms with van der Waals surface area (Å²) in [5.41, 5.74) is 1.02. The largest absolute Gasteiger partial charge is 0.462 e. The van der Waals surface area contributed by atoms with E-state index >= 15 is 0 Å². The van der Waals surface area contributed by atoms with Gasteiger partial charge in [-0.2, -0.15) is 0 Å². The second-order valence-electron chi connectivity index (χ2n) is 8.95. The Labute approximate surface area is 173 Å². The number of rotatable bonds is 6. The molecule has 0 bridgehead atoms. The highest BCUT2D eigenvalue weighted by atomic mass is 16.6. The predicted octanol–water partition coefficient (Wildman–Crippen LogP) is 2.92. The number of ether oxygens (including phenoxy) is 2. The van der Waals surface area contributed by atoms with Crippen molar-refractivity contribution in [3.05, 3.63) is 23.8 Å². The van der Waals surface area contributed by atoms with E-state index in [1.165, 1.54) is 0 Å². The Morgan fingerprint density at radius 3 is 2.76 bits per heavy atom. The number of aliphatic hydroxyl groups is 2. The molecule has 2 aliphatic carbocycles.